The third kappa shape index (κ3) is 2.44. The number of nitrogens with one attached hydrogen (secondary N) is 1. The molecular formula is C19H20N2S. The summed E-state index contributed by atoms with van der Waals surface area (Å²) in [5.41, 5.74) is 8.93. The Morgan fingerprint density at radius 1 is 1.00 bits per heavy atom. The second kappa shape index (κ2) is 5.47. The predicted molar refractivity (Wildman–Crippen MR) is 94.1 cm³/mol. The van der Waals surface area contributed by atoms with Gasteiger partial charge in [0.05, 0.1) is 0 Å². The van der Waals surface area contributed by atoms with E-state index in [1.165, 1.54) is 47.9 Å². The monoisotopic (exact) mass is 308 g/mol. The van der Waals surface area contributed by atoms with Crippen LogP contribution in [0.4, 0.5) is 0 Å². The molecule has 0 spiro atoms. The average molecular weight is 308 g/mol. The summed E-state index contributed by atoms with van der Waals surface area (Å²) in [5, 5.41) is 5.65. The average Bonchev–Trinajstić information content (AvgIpc) is 2.99. The van der Waals surface area contributed by atoms with Crippen LogP contribution >= 0.6 is 11.8 Å². The normalized spacial score (nSPS) is 23.6. The molecule has 1 aliphatic heterocycles. The van der Waals surface area contributed by atoms with E-state index >= 15 is 0 Å². The molecule has 0 saturated carbocycles. The van der Waals surface area contributed by atoms with Crippen LogP contribution in [0.5, 0.6) is 0 Å². The van der Waals surface area contributed by atoms with Crippen molar-refractivity contribution in [2.75, 3.05) is 0 Å². The summed E-state index contributed by atoms with van der Waals surface area (Å²) in [6.45, 7) is 2.22. The van der Waals surface area contributed by atoms with E-state index in [1.54, 1.807) is 0 Å². The molecule has 3 heteroatoms. The first-order valence-electron chi connectivity index (χ1n) is 7.96. The number of nitrogens with zero attached hydrogens (tertiary/aromatic N) is 1. The Morgan fingerprint density at radius 3 is 2.59 bits per heavy atom. The lowest BCUT2D eigenvalue weighted by molar-refractivity contribution is 0.560. The largest absolute Gasteiger partial charge is 0.288 e. The maximum absolute atomic E-state index is 4.58. The highest BCUT2D eigenvalue weighted by Crippen LogP contribution is 2.41. The molecule has 0 aromatic heterocycles. The quantitative estimate of drug-likeness (QED) is 0.887. The van der Waals surface area contributed by atoms with Crippen molar-refractivity contribution in [3.05, 3.63) is 70.8 Å². The molecule has 1 N–H and O–H groups in total. The summed E-state index contributed by atoms with van der Waals surface area (Å²) in [5.74, 6) is 0. The first-order valence-corrected chi connectivity index (χ1v) is 8.78. The van der Waals surface area contributed by atoms with Gasteiger partial charge >= 0.3 is 0 Å². The molecule has 112 valence electrons. The molecule has 0 unspecified atom stereocenters. The van der Waals surface area contributed by atoms with Gasteiger partial charge in [0.1, 0.15) is 9.91 Å². The van der Waals surface area contributed by atoms with Gasteiger partial charge in [0.2, 0.25) is 0 Å². The molecule has 1 aliphatic carbocycles. The zero-order valence-electron chi connectivity index (χ0n) is 12.8. The number of fused-ring (bicyclic) bond motifs is 1. The zero-order chi connectivity index (χ0) is 15.0. The van der Waals surface area contributed by atoms with Gasteiger partial charge in [0, 0.05) is 5.56 Å². The SMILES string of the molecule is C[C@@]1(c2ccc3c(c2)CCCC3)NN=C(c2ccccc2)S1. The molecular weight excluding hydrogens is 288 g/mol. The molecule has 2 aliphatic rings. The van der Waals surface area contributed by atoms with Crippen molar-refractivity contribution in [1.29, 1.82) is 0 Å². The third-order valence-corrected chi connectivity index (χ3v) is 5.85. The molecule has 1 atom stereocenters. The molecule has 0 fully saturated rings. The van der Waals surface area contributed by atoms with Gasteiger partial charge in [-0.1, -0.05) is 60.3 Å². The smallest absolute Gasteiger partial charge is 0.128 e. The summed E-state index contributed by atoms with van der Waals surface area (Å²) in [4.78, 5) is -0.169. The van der Waals surface area contributed by atoms with Crippen LogP contribution in [0.25, 0.3) is 0 Å². The Morgan fingerprint density at radius 2 is 1.77 bits per heavy atom. The topological polar surface area (TPSA) is 24.4 Å². The van der Waals surface area contributed by atoms with Crippen LogP contribution in [0.15, 0.2) is 53.6 Å². The number of hydrogen-bond acceptors (Lipinski definition) is 3. The minimum Gasteiger partial charge on any atom is -0.288 e. The standard InChI is InChI=1S/C19H20N2S/c1-19(17-12-11-14-7-5-6-10-16(14)13-17)21-20-18(22-19)15-8-3-2-4-9-15/h2-4,8-9,11-13,21H,5-7,10H2,1H3/t19-/m1/s1. The van der Waals surface area contributed by atoms with E-state index in [2.05, 4.69) is 59.9 Å². The van der Waals surface area contributed by atoms with Crippen LogP contribution in [-0.2, 0) is 17.7 Å². The highest BCUT2D eigenvalue weighted by molar-refractivity contribution is 8.15. The fraction of sp³-hybridized carbons (Fsp3) is 0.316. The van der Waals surface area contributed by atoms with Gasteiger partial charge in [-0.25, -0.2) is 0 Å². The molecule has 2 nitrogen and oxygen atoms in total. The van der Waals surface area contributed by atoms with E-state index in [1.807, 2.05) is 17.8 Å². The summed E-state index contributed by atoms with van der Waals surface area (Å²) in [6.07, 6.45) is 5.10. The number of hydrogen-bond donors (Lipinski definition) is 1. The molecule has 0 amide bonds. The summed E-state index contributed by atoms with van der Waals surface area (Å²) < 4.78 is 0. The number of thioether (sulfide) groups is 1. The van der Waals surface area contributed by atoms with Crippen LogP contribution in [0, 0.1) is 0 Å². The number of rotatable bonds is 2. The van der Waals surface area contributed by atoms with Crippen LogP contribution in [0.3, 0.4) is 0 Å². The first-order chi connectivity index (χ1) is 10.7. The fourth-order valence-electron chi connectivity index (χ4n) is 3.25. The highest BCUT2D eigenvalue weighted by atomic mass is 32.2. The Kier molecular flexibility index (Phi) is 3.45. The number of benzene rings is 2. The molecule has 2 aromatic rings. The van der Waals surface area contributed by atoms with Crippen molar-refractivity contribution >= 4 is 16.8 Å². The second-order valence-electron chi connectivity index (χ2n) is 6.22. The van der Waals surface area contributed by atoms with Gasteiger partial charge in [-0.05, 0) is 49.3 Å². The molecule has 0 saturated heterocycles. The Labute approximate surface area is 136 Å². The maximum atomic E-state index is 4.58. The number of aryl methyl sites for hydroxylation is 2. The van der Waals surface area contributed by atoms with E-state index in [0.717, 1.165) is 5.04 Å². The van der Waals surface area contributed by atoms with Crippen molar-refractivity contribution in [3.63, 3.8) is 0 Å². The summed E-state index contributed by atoms with van der Waals surface area (Å²) in [6, 6.07) is 17.4. The van der Waals surface area contributed by atoms with E-state index in [9.17, 15) is 0 Å². The van der Waals surface area contributed by atoms with Crippen molar-refractivity contribution in [3.8, 4) is 0 Å². The number of hydrazone groups is 1. The van der Waals surface area contributed by atoms with Gasteiger partial charge in [-0.3, -0.25) is 5.43 Å². The van der Waals surface area contributed by atoms with Gasteiger partial charge in [-0.2, -0.15) is 5.10 Å². The van der Waals surface area contributed by atoms with Gasteiger partial charge in [-0.15, -0.1) is 0 Å². The van der Waals surface area contributed by atoms with Gasteiger partial charge in [0.25, 0.3) is 0 Å². The third-order valence-electron chi connectivity index (χ3n) is 4.59. The zero-order valence-corrected chi connectivity index (χ0v) is 13.6. The first kappa shape index (κ1) is 13.9. The van der Waals surface area contributed by atoms with E-state index in [-0.39, 0.29) is 4.87 Å². The molecule has 2 aromatic carbocycles. The minimum absolute atomic E-state index is 0.169. The van der Waals surface area contributed by atoms with E-state index < -0.39 is 0 Å². The maximum Gasteiger partial charge on any atom is 0.128 e. The Bertz CT molecular complexity index is 723. The lowest BCUT2D eigenvalue weighted by Crippen LogP contribution is -2.29. The van der Waals surface area contributed by atoms with Gasteiger partial charge in [0.15, 0.2) is 0 Å². The molecule has 1 heterocycles. The lowest BCUT2D eigenvalue weighted by Gasteiger charge is -2.26. The summed E-state index contributed by atoms with van der Waals surface area (Å²) in [7, 11) is 0. The predicted octanol–water partition coefficient (Wildman–Crippen LogP) is 4.44. The highest BCUT2D eigenvalue weighted by Gasteiger charge is 2.35. The molecule has 22 heavy (non-hydrogen) atoms. The molecule has 0 bridgehead atoms. The van der Waals surface area contributed by atoms with Crippen molar-refractivity contribution in [2.45, 2.75) is 37.5 Å². The van der Waals surface area contributed by atoms with Gasteiger partial charge < -0.3 is 0 Å². The molecule has 0 radical (unpaired) electrons. The van der Waals surface area contributed by atoms with E-state index in [4.69, 9.17) is 0 Å². The van der Waals surface area contributed by atoms with Crippen LogP contribution in [-0.4, -0.2) is 5.04 Å². The Hall–Kier alpha value is -1.74. The van der Waals surface area contributed by atoms with Crippen LogP contribution in [0.2, 0.25) is 0 Å². The van der Waals surface area contributed by atoms with Crippen molar-refractivity contribution in [1.82, 2.24) is 5.43 Å². The van der Waals surface area contributed by atoms with Crippen molar-refractivity contribution in [2.24, 2.45) is 5.10 Å². The van der Waals surface area contributed by atoms with Crippen LogP contribution < -0.4 is 5.43 Å². The summed E-state index contributed by atoms with van der Waals surface area (Å²) >= 11 is 1.81. The second-order valence-corrected chi connectivity index (χ2v) is 7.63. The fourth-order valence-corrected chi connectivity index (χ4v) is 4.32. The van der Waals surface area contributed by atoms with E-state index in [0.29, 0.717) is 0 Å². The van der Waals surface area contributed by atoms with Crippen LogP contribution in [0.1, 0.15) is 42.0 Å². The minimum atomic E-state index is -0.169. The Balaban J connectivity index is 1.61. The molecule has 4 rings (SSSR count). The lowest BCUT2D eigenvalue weighted by atomic mass is 9.89. The van der Waals surface area contributed by atoms with Crippen molar-refractivity contribution < 1.29 is 0 Å².